The Morgan fingerprint density at radius 1 is 0.812 bits per heavy atom. The van der Waals surface area contributed by atoms with Gasteiger partial charge in [-0.05, 0) is 33.4 Å². The normalized spacial score (nSPS) is 24.9. The molecule has 0 amide bonds. The minimum absolute atomic E-state index is 0.914. The second-order valence-electron chi connectivity index (χ2n) is 2.61. The molecular formula is C8H2ClIS6. The van der Waals surface area contributed by atoms with Crippen molar-refractivity contribution in [1.82, 2.24) is 0 Å². The van der Waals surface area contributed by atoms with E-state index in [4.69, 9.17) is 11.6 Å². The number of thioether (sulfide) groups is 6. The Bertz CT molecular complexity index is 439. The van der Waals surface area contributed by atoms with Gasteiger partial charge in [-0.25, -0.2) is 0 Å². The Morgan fingerprint density at radius 2 is 1.38 bits per heavy atom. The fraction of sp³-hybridized carbons (Fsp3) is 0. The highest BCUT2D eigenvalue weighted by atomic mass is 127. The van der Waals surface area contributed by atoms with Crippen LogP contribution in [0.5, 0.6) is 0 Å². The molecule has 0 radical (unpaired) electrons. The Kier molecular flexibility index (Phi) is 4.58. The largest absolute Gasteiger partial charge is 0.0989 e. The van der Waals surface area contributed by atoms with Gasteiger partial charge in [-0.15, -0.1) is 0 Å². The van der Waals surface area contributed by atoms with Crippen LogP contribution in [-0.4, -0.2) is 0 Å². The highest BCUT2D eigenvalue weighted by Gasteiger charge is 2.29. The monoisotopic (exact) mass is 452 g/mol. The van der Waals surface area contributed by atoms with Gasteiger partial charge in [0.05, 0.1) is 24.2 Å². The van der Waals surface area contributed by atoms with Gasteiger partial charge in [0, 0.05) is 0 Å². The SMILES string of the molecule is ClC1=C(I)SC(=C2SC3=C(SC=CS3)S2)S1. The fourth-order valence-electron chi connectivity index (χ4n) is 1.03. The van der Waals surface area contributed by atoms with Crippen LogP contribution >= 0.6 is 105 Å². The van der Waals surface area contributed by atoms with Gasteiger partial charge in [-0.3, -0.25) is 0 Å². The van der Waals surface area contributed by atoms with Crippen molar-refractivity contribution >= 4 is 105 Å². The number of hydrogen-bond acceptors (Lipinski definition) is 6. The Hall–Kier alpha value is 2.08. The second kappa shape index (κ2) is 5.60. The number of hydrogen-bond donors (Lipinski definition) is 0. The van der Waals surface area contributed by atoms with E-state index in [1.54, 1.807) is 23.5 Å². The molecule has 3 heterocycles. The van der Waals surface area contributed by atoms with Crippen LogP contribution in [-0.2, 0) is 0 Å². The molecular weight excluding hydrogens is 451 g/mol. The smallest absolute Gasteiger partial charge is 0.0884 e. The van der Waals surface area contributed by atoms with Crippen molar-refractivity contribution in [1.29, 1.82) is 0 Å². The van der Waals surface area contributed by atoms with E-state index in [-0.39, 0.29) is 0 Å². The molecule has 0 N–H and O–H groups in total. The maximum absolute atomic E-state index is 6.11. The van der Waals surface area contributed by atoms with Gasteiger partial charge in [0.25, 0.3) is 0 Å². The van der Waals surface area contributed by atoms with E-state index in [0.29, 0.717) is 0 Å². The Morgan fingerprint density at radius 3 is 1.88 bits per heavy atom. The lowest BCUT2D eigenvalue weighted by atomic mass is 11.2. The summed E-state index contributed by atoms with van der Waals surface area (Å²) in [4.78, 5) is 0. The lowest BCUT2D eigenvalue weighted by Gasteiger charge is -2.02. The lowest BCUT2D eigenvalue weighted by molar-refractivity contribution is 2.31. The third-order valence-electron chi connectivity index (χ3n) is 1.63. The molecule has 3 rings (SSSR count). The summed E-state index contributed by atoms with van der Waals surface area (Å²) < 4.78 is 7.65. The molecule has 84 valence electrons. The van der Waals surface area contributed by atoms with E-state index in [0.717, 1.165) is 4.36 Å². The van der Waals surface area contributed by atoms with E-state index in [1.165, 1.54) is 19.9 Å². The second-order valence-corrected chi connectivity index (χ2v) is 12.0. The molecule has 0 aromatic rings. The van der Waals surface area contributed by atoms with Gasteiger partial charge in [0.2, 0.25) is 0 Å². The first kappa shape index (κ1) is 13.1. The summed E-state index contributed by atoms with van der Waals surface area (Å²) in [5.74, 6) is 0. The Labute approximate surface area is 138 Å². The Balaban J connectivity index is 1.79. The lowest BCUT2D eigenvalue weighted by Crippen LogP contribution is -1.68. The van der Waals surface area contributed by atoms with Crippen LogP contribution in [0.3, 0.4) is 0 Å². The average Bonchev–Trinajstić information content (AvgIpc) is 2.83. The molecule has 3 aliphatic heterocycles. The fourth-order valence-corrected chi connectivity index (χ4v) is 10.4. The summed E-state index contributed by atoms with van der Waals surface area (Å²) in [6.45, 7) is 0. The summed E-state index contributed by atoms with van der Waals surface area (Å²) in [7, 11) is 0. The van der Waals surface area contributed by atoms with Gasteiger partial charge in [-0.2, -0.15) is 0 Å². The minimum atomic E-state index is 0.914. The first-order valence-electron chi connectivity index (χ1n) is 3.97. The molecule has 0 nitrogen and oxygen atoms in total. The first-order valence-corrected chi connectivity index (χ1v) is 10.5. The van der Waals surface area contributed by atoms with Gasteiger partial charge in [0.1, 0.15) is 0 Å². The molecule has 0 fully saturated rings. The molecule has 0 bridgehead atoms. The van der Waals surface area contributed by atoms with Crippen molar-refractivity contribution in [2.24, 2.45) is 0 Å². The molecule has 0 atom stereocenters. The maximum Gasteiger partial charge on any atom is 0.0989 e. The quantitative estimate of drug-likeness (QED) is 0.362. The van der Waals surface area contributed by atoms with Crippen LogP contribution < -0.4 is 0 Å². The van der Waals surface area contributed by atoms with Crippen LogP contribution in [0.1, 0.15) is 0 Å². The molecule has 8 heteroatoms. The molecule has 0 unspecified atom stereocenters. The van der Waals surface area contributed by atoms with Crippen LogP contribution in [0, 0.1) is 0 Å². The van der Waals surface area contributed by atoms with Crippen LogP contribution in [0.2, 0.25) is 0 Å². The van der Waals surface area contributed by atoms with E-state index in [1.807, 2.05) is 47.0 Å². The van der Waals surface area contributed by atoms with Crippen molar-refractivity contribution < 1.29 is 0 Å². The third-order valence-corrected chi connectivity index (χ3v) is 11.9. The summed E-state index contributed by atoms with van der Waals surface area (Å²) >= 11 is 19.3. The molecule has 16 heavy (non-hydrogen) atoms. The van der Waals surface area contributed by atoms with Crippen LogP contribution in [0.4, 0.5) is 0 Å². The molecule has 0 aromatic carbocycles. The average molecular weight is 453 g/mol. The van der Waals surface area contributed by atoms with Crippen molar-refractivity contribution in [3.63, 3.8) is 0 Å². The summed E-state index contributed by atoms with van der Waals surface area (Å²) in [6, 6.07) is 0. The third kappa shape index (κ3) is 2.66. The minimum Gasteiger partial charge on any atom is -0.0884 e. The van der Waals surface area contributed by atoms with E-state index < -0.39 is 0 Å². The summed E-state index contributed by atoms with van der Waals surface area (Å²) in [6.07, 6.45) is 0. The standard InChI is InChI=1S/C8H2ClIS6/c9-3-4(10)14-7(13-3)8-15-5-6(16-8)12-2-1-11-5/h1-2H. The van der Waals surface area contributed by atoms with Crippen LogP contribution in [0.25, 0.3) is 0 Å². The summed E-state index contributed by atoms with van der Waals surface area (Å²) in [5.41, 5.74) is 0. The molecule has 0 aromatic heterocycles. The highest BCUT2D eigenvalue weighted by Crippen LogP contribution is 2.65. The van der Waals surface area contributed by atoms with Gasteiger partial charge in [0.15, 0.2) is 0 Å². The molecule has 0 saturated carbocycles. The molecule has 0 aliphatic carbocycles. The summed E-state index contributed by atoms with van der Waals surface area (Å²) in [5, 5.41) is 4.29. The van der Waals surface area contributed by atoms with Crippen molar-refractivity contribution in [3.8, 4) is 0 Å². The topological polar surface area (TPSA) is 0 Å². The predicted molar refractivity (Wildman–Crippen MR) is 95.6 cm³/mol. The van der Waals surface area contributed by atoms with Gasteiger partial charge < -0.3 is 0 Å². The zero-order valence-corrected chi connectivity index (χ0v) is 15.2. The first-order chi connectivity index (χ1) is 7.74. The predicted octanol–water partition coefficient (Wildman–Crippen LogP) is 6.95. The van der Waals surface area contributed by atoms with Crippen LogP contribution in [0.15, 0.2) is 35.0 Å². The van der Waals surface area contributed by atoms with E-state index in [9.17, 15) is 0 Å². The number of halogens is 2. The van der Waals surface area contributed by atoms with Gasteiger partial charge >= 0.3 is 0 Å². The van der Waals surface area contributed by atoms with Gasteiger partial charge in [-0.1, -0.05) is 82.2 Å². The maximum atomic E-state index is 6.11. The van der Waals surface area contributed by atoms with Crippen molar-refractivity contribution in [3.05, 3.63) is 35.0 Å². The zero-order chi connectivity index (χ0) is 11.1. The highest BCUT2D eigenvalue weighted by molar-refractivity contribution is 14.1. The molecule has 0 saturated heterocycles. The molecule has 0 spiro atoms. The van der Waals surface area contributed by atoms with Crippen molar-refractivity contribution in [2.75, 3.05) is 0 Å². The van der Waals surface area contributed by atoms with Crippen molar-refractivity contribution in [2.45, 2.75) is 0 Å². The zero-order valence-electron chi connectivity index (χ0n) is 7.36. The molecule has 3 aliphatic rings. The number of rotatable bonds is 0. The van der Waals surface area contributed by atoms with E-state index in [2.05, 4.69) is 33.4 Å². The van der Waals surface area contributed by atoms with E-state index >= 15 is 0 Å².